The van der Waals surface area contributed by atoms with Crippen molar-refractivity contribution in [3.05, 3.63) is 65.9 Å². The highest BCUT2D eigenvalue weighted by molar-refractivity contribution is 8.00. The van der Waals surface area contributed by atoms with Gasteiger partial charge in [-0.25, -0.2) is 0 Å². The molecule has 1 fully saturated rings. The van der Waals surface area contributed by atoms with E-state index in [4.69, 9.17) is 10.2 Å². The zero-order valence-electron chi connectivity index (χ0n) is 13.5. The zero-order chi connectivity index (χ0) is 17.2. The van der Waals surface area contributed by atoms with Crippen LogP contribution in [0.15, 0.2) is 58.3 Å². The number of carbonyl (C=O) groups excluding carboxylic acids is 1. The number of hydrogen-bond acceptors (Lipinski definition) is 5. The van der Waals surface area contributed by atoms with Gasteiger partial charge in [0.2, 0.25) is 5.91 Å². The van der Waals surface area contributed by atoms with Crippen molar-refractivity contribution in [2.75, 3.05) is 0 Å². The third-order valence-electron chi connectivity index (χ3n) is 4.17. The predicted octanol–water partition coefficient (Wildman–Crippen LogP) is 3.12. The average Bonchev–Trinajstić information content (AvgIpc) is 3.19. The SMILES string of the molecule is NC(=O)C(Sc1nnc(C2CC2)n1Cc1ccco1)c1ccccc1. The Morgan fingerprint density at radius 1 is 1.24 bits per heavy atom. The van der Waals surface area contributed by atoms with Gasteiger partial charge in [-0.15, -0.1) is 10.2 Å². The van der Waals surface area contributed by atoms with Crippen LogP contribution in [-0.4, -0.2) is 20.7 Å². The summed E-state index contributed by atoms with van der Waals surface area (Å²) in [6.45, 7) is 0.550. The molecule has 0 saturated heterocycles. The number of furan rings is 1. The molecule has 6 nitrogen and oxygen atoms in total. The molecular formula is C18H18N4O2S. The summed E-state index contributed by atoms with van der Waals surface area (Å²) in [5, 5.41) is 8.87. The molecule has 1 unspecified atom stereocenters. The molecule has 0 spiro atoms. The number of nitrogens with zero attached hydrogens (tertiary/aromatic N) is 3. The van der Waals surface area contributed by atoms with Crippen LogP contribution in [0.4, 0.5) is 0 Å². The van der Waals surface area contributed by atoms with Gasteiger partial charge in [0.05, 0.1) is 12.8 Å². The van der Waals surface area contributed by atoms with Gasteiger partial charge < -0.3 is 10.2 Å². The minimum absolute atomic E-state index is 0.392. The van der Waals surface area contributed by atoms with Crippen LogP contribution in [0.5, 0.6) is 0 Å². The van der Waals surface area contributed by atoms with Crippen molar-refractivity contribution < 1.29 is 9.21 Å². The third-order valence-corrected chi connectivity index (χ3v) is 5.42. The van der Waals surface area contributed by atoms with Crippen LogP contribution >= 0.6 is 11.8 Å². The lowest BCUT2D eigenvalue weighted by molar-refractivity contribution is -0.117. The number of aromatic nitrogens is 3. The third kappa shape index (κ3) is 3.46. The molecule has 1 aliphatic rings. The molecule has 2 heterocycles. The predicted molar refractivity (Wildman–Crippen MR) is 94.0 cm³/mol. The highest BCUT2D eigenvalue weighted by Gasteiger charge is 2.32. The van der Waals surface area contributed by atoms with Gasteiger partial charge in [-0.2, -0.15) is 0 Å². The van der Waals surface area contributed by atoms with E-state index in [0.29, 0.717) is 17.6 Å². The van der Waals surface area contributed by atoms with E-state index in [-0.39, 0.29) is 0 Å². The summed E-state index contributed by atoms with van der Waals surface area (Å²) < 4.78 is 7.52. The maximum Gasteiger partial charge on any atom is 0.235 e. The molecule has 7 heteroatoms. The molecule has 4 rings (SSSR count). The van der Waals surface area contributed by atoms with Crippen molar-refractivity contribution >= 4 is 17.7 Å². The maximum absolute atomic E-state index is 12.0. The van der Waals surface area contributed by atoms with Crippen molar-refractivity contribution in [1.82, 2.24) is 14.8 Å². The van der Waals surface area contributed by atoms with E-state index in [0.717, 1.165) is 30.0 Å². The van der Waals surface area contributed by atoms with Gasteiger partial charge in [-0.05, 0) is 30.5 Å². The van der Waals surface area contributed by atoms with Crippen LogP contribution < -0.4 is 5.73 Å². The molecule has 0 bridgehead atoms. The van der Waals surface area contributed by atoms with E-state index in [9.17, 15) is 4.79 Å². The van der Waals surface area contributed by atoms with Gasteiger partial charge in [-0.3, -0.25) is 9.36 Å². The Hall–Kier alpha value is -2.54. The summed E-state index contributed by atoms with van der Waals surface area (Å²) in [5.41, 5.74) is 6.51. The Morgan fingerprint density at radius 3 is 2.68 bits per heavy atom. The van der Waals surface area contributed by atoms with Crippen LogP contribution in [-0.2, 0) is 11.3 Å². The van der Waals surface area contributed by atoms with Crippen molar-refractivity contribution in [3.63, 3.8) is 0 Å². The molecule has 0 radical (unpaired) electrons. The molecule has 1 atom stereocenters. The number of amides is 1. The quantitative estimate of drug-likeness (QED) is 0.659. The van der Waals surface area contributed by atoms with E-state index >= 15 is 0 Å². The van der Waals surface area contributed by atoms with Crippen LogP contribution in [0.3, 0.4) is 0 Å². The lowest BCUT2D eigenvalue weighted by Gasteiger charge is -2.14. The van der Waals surface area contributed by atoms with Gasteiger partial charge in [-0.1, -0.05) is 42.1 Å². The van der Waals surface area contributed by atoms with Gasteiger partial charge in [0.1, 0.15) is 16.8 Å². The topological polar surface area (TPSA) is 86.9 Å². The first kappa shape index (κ1) is 16.0. The molecule has 2 N–H and O–H groups in total. The lowest BCUT2D eigenvalue weighted by Crippen LogP contribution is -2.19. The number of benzene rings is 1. The monoisotopic (exact) mass is 354 g/mol. The number of primary amides is 1. The molecular weight excluding hydrogens is 336 g/mol. The Kier molecular flexibility index (Phi) is 4.31. The molecule has 0 aliphatic heterocycles. The van der Waals surface area contributed by atoms with Gasteiger partial charge in [0.15, 0.2) is 5.16 Å². The van der Waals surface area contributed by atoms with E-state index in [1.54, 1.807) is 6.26 Å². The van der Waals surface area contributed by atoms with Crippen molar-refractivity contribution in [2.24, 2.45) is 5.73 Å². The average molecular weight is 354 g/mol. The minimum Gasteiger partial charge on any atom is -0.467 e. The fourth-order valence-corrected chi connectivity index (χ4v) is 3.75. The van der Waals surface area contributed by atoms with Crippen LogP contribution in [0.25, 0.3) is 0 Å². The second-order valence-electron chi connectivity index (χ2n) is 6.09. The van der Waals surface area contributed by atoms with Crippen LogP contribution in [0.2, 0.25) is 0 Å². The number of rotatable bonds is 7. The second-order valence-corrected chi connectivity index (χ2v) is 7.16. The maximum atomic E-state index is 12.0. The van der Waals surface area contributed by atoms with E-state index in [1.807, 2.05) is 47.0 Å². The molecule has 1 aliphatic carbocycles. The lowest BCUT2D eigenvalue weighted by atomic mass is 10.1. The number of carbonyl (C=O) groups is 1. The van der Waals surface area contributed by atoms with Crippen molar-refractivity contribution in [1.29, 1.82) is 0 Å². The summed E-state index contributed by atoms with van der Waals surface area (Å²) in [5.74, 6) is 1.84. The molecule has 1 amide bonds. The fraction of sp³-hybridized carbons (Fsp3) is 0.278. The summed E-state index contributed by atoms with van der Waals surface area (Å²) in [6, 6.07) is 13.3. The summed E-state index contributed by atoms with van der Waals surface area (Å²) in [4.78, 5) is 12.0. The Balaban J connectivity index is 1.66. The first-order chi connectivity index (χ1) is 12.2. The molecule has 1 aromatic carbocycles. The smallest absolute Gasteiger partial charge is 0.235 e. The second kappa shape index (κ2) is 6.76. The Labute approximate surface area is 149 Å². The van der Waals surface area contributed by atoms with E-state index < -0.39 is 11.2 Å². The number of nitrogens with two attached hydrogens (primary N) is 1. The van der Waals surface area contributed by atoms with Gasteiger partial charge >= 0.3 is 0 Å². The fourth-order valence-electron chi connectivity index (χ4n) is 2.76. The van der Waals surface area contributed by atoms with Crippen molar-refractivity contribution in [3.8, 4) is 0 Å². The van der Waals surface area contributed by atoms with E-state index in [2.05, 4.69) is 10.2 Å². The highest BCUT2D eigenvalue weighted by atomic mass is 32.2. The molecule has 128 valence electrons. The normalized spacial score (nSPS) is 15.2. The molecule has 1 saturated carbocycles. The van der Waals surface area contributed by atoms with Crippen LogP contribution in [0.1, 0.15) is 41.2 Å². The van der Waals surface area contributed by atoms with Gasteiger partial charge in [0.25, 0.3) is 0 Å². The van der Waals surface area contributed by atoms with E-state index in [1.165, 1.54) is 11.8 Å². The number of thioether (sulfide) groups is 1. The Bertz CT molecular complexity index is 857. The molecule has 25 heavy (non-hydrogen) atoms. The summed E-state index contributed by atoms with van der Waals surface area (Å²) >= 11 is 1.34. The zero-order valence-corrected chi connectivity index (χ0v) is 14.4. The number of hydrogen-bond donors (Lipinski definition) is 1. The first-order valence-corrected chi connectivity index (χ1v) is 9.06. The molecule has 2 aromatic heterocycles. The Morgan fingerprint density at radius 2 is 2.04 bits per heavy atom. The summed E-state index contributed by atoms with van der Waals surface area (Å²) in [6.07, 6.45) is 3.90. The first-order valence-electron chi connectivity index (χ1n) is 8.19. The highest BCUT2D eigenvalue weighted by Crippen LogP contribution is 2.42. The van der Waals surface area contributed by atoms with Crippen LogP contribution in [0, 0.1) is 0 Å². The molecule has 3 aromatic rings. The van der Waals surface area contributed by atoms with Gasteiger partial charge in [0, 0.05) is 5.92 Å². The largest absolute Gasteiger partial charge is 0.467 e. The minimum atomic E-state index is -0.507. The summed E-state index contributed by atoms with van der Waals surface area (Å²) in [7, 11) is 0. The van der Waals surface area contributed by atoms with Crippen molar-refractivity contribution in [2.45, 2.75) is 35.7 Å². The standard InChI is InChI=1S/C18H18N4O2S/c19-16(23)15(12-5-2-1-3-6-12)25-18-21-20-17(13-8-9-13)22(18)11-14-7-4-10-24-14/h1-7,10,13,15H,8-9,11H2,(H2,19,23).